The highest BCUT2D eigenvalue weighted by molar-refractivity contribution is 7.89. The van der Waals surface area contributed by atoms with Crippen molar-refractivity contribution in [3.8, 4) is 0 Å². The summed E-state index contributed by atoms with van der Waals surface area (Å²) in [4.78, 5) is 25.4. The van der Waals surface area contributed by atoms with E-state index in [2.05, 4.69) is 4.72 Å². The number of sulfonamides is 1. The Morgan fingerprint density at radius 1 is 1.14 bits per heavy atom. The van der Waals surface area contributed by atoms with Gasteiger partial charge in [0.05, 0.1) is 9.82 Å². The Morgan fingerprint density at radius 2 is 1.76 bits per heavy atom. The first kappa shape index (κ1) is 20.9. The van der Waals surface area contributed by atoms with E-state index in [1.807, 2.05) is 36.1 Å². The molecule has 9 heteroatoms. The van der Waals surface area contributed by atoms with Crippen LogP contribution in [0.2, 0.25) is 0 Å². The highest BCUT2D eigenvalue weighted by atomic mass is 32.2. The SMILES string of the molecule is CNS(=O)(=O)c1ccc(N2CCC(C(=O)c3ccc(C)cc3)CC2)c([N+](=O)[O-])c1. The first-order valence-corrected chi connectivity index (χ1v) is 10.8. The van der Waals surface area contributed by atoms with Gasteiger partial charge >= 0.3 is 0 Å². The number of carbonyl (C=O) groups is 1. The summed E-state index contributed by atoms with van der Waals surface area (Å²) in [5, 5.41) is 11.5. The summed E-state index contributed by atoms with van der Waals surface area (Å²) in [6.45, 7) is 2.94. The zero-order valence-electron chi connectivity index (χ0n) is 16.3. The number of anilines is 1. The minimum absolute atomic E-state index is 0.0922. The maximum absolute atomic E-state index is 12.7. The highest BCUT2D eigenvalue weighted by Crippen LogP contribution is 2.34. The summed E-state index contributed by atoms with van der Waals surface area (Å²) in [7, 11) is -2.52. The van der Waals surface area contributed by atoms with E-state index in [0.717, 1.165) is 11.6 Å². The maximum Gasteiger partial charge on any atom is 0.293 e. The van der Waals surface area contributed by atoms with Crippen molar-refractivity contribution in [2.45, 2.75) is 24.7 Å². The second-order valence-corrected chi connectivity index (χ2v) is 8.99. The second kappa shape index (κ2) is 8.30. The molecule has 1 aliphatic rings. The average Bonchev–Trinajstić information content (AvgIpc) is 2.73. The molecule has 3 rings (SSSR count). The summed E-state index contributed by atoms with van der Waals surface area (Å²) in [5.74, 6) is -0.0356. The fraction of sp³-hybridized carbons (Fsp3) is 0.350. The van der Waals surface area contributed by atoms with E-state index < -0.39 is 14.9 Å². The van der Waals surface area contributed by atoms with Crippen LogP contribution in [0.1, 0.15) is 28.8 Å². The Labute approximate surface area is 169 Å². The van der Waals surface area contributed by atoms with E-state index in [0.29, 0.717) is 37.2 Å². The lowest BCUT2D eigenvalue weighted by atomic mass is 9.88. The predicted octanol–water partition coefficient (Wildman–Crippen LogP) is 2.91. The van der Waals surface area contributed by atoms with Gasteiger partial charge in [0, 0.05) is 30.6 Å². The number of ketones is 1. The number of hydrogen-bond acceptors (Lipinski definition) is 6. The van der Waals surface area contributed by atoms with Crippen LogP contribution < -0.4 is 9.62 Å². The number of rotatable bonds is 6. The lowest BCUT2D eigenvalue weighted by Crippen LogP contribution is -2.36. The Bertz CT molecular complexity index is 1030. The molecule has 1 aliphatic heterocycles. The van der Waals surface area contributed by atoms with Crippen molar-refractivity contribution in [3.05, 3.63) is 63.7 Å². The van der Waals surface area contributed by atoms with Crippen molar-refractivity contribution in [1.82, 2.24) is 4.72 Å². The quantitative estimate of drug-likeness (QED) is 0.440. The normalized spacial score (nSPS) is 15.3. The van der Waals surface area contributed by atoms with E-state index in [4.69, 9.17) is 0 Å². The number of nitro benzene ring substituents is 1. The van der Waals surface area contributed by atoms with Crippen LogP contribution in [0.15, 0.2) is 47.4 Å². The van der Waals surface area contributed by atoms with Crippen LogP contribution in [0, 0.1) is 23.0 Å². The fourth-order valence-electron chi connectivity index (χ4n) is 3.54. The molecule has 0 atom stereocenters. The molecule has 0 aliphatic carbocycles. The number of piperidine rings is 1. The summed E-state index contributed by atoms with van der Waals surface area (Å²) in [5.41, 5.74) is 1.88. The van der Waals surface area contributed by atoms with E-state index in [9.17, 15) is 23.3 Å². The molecule has 29 heavy (non-hydrogen) atoms. The number of carbonyl (C=O) groups excluding carboxylic acids is 1. The molecule has 2 aromatic rings. The van der Waals surface area contributed by atoms with Gasteiger partial charge in [0.2, 0.25) is 10.0 Å². The number of nitrogens with zero attached hydrogens (tertiary/aromatic N) is 2. The maximum atomic E-state index is 12.7. The number of benzene rings is 2. The summed E-state index contributed by atoms with van der Waals surface area (Å²) in [6, 6.07) is 11.4. The molecule has 0 radical (unpaired) electrons. The zero-order chi connectivity index (χ0) is 21.2. The van der Waals surface area contributed by atoms with Gasteiger partial charge in [-0.2, -0.15) is 0 Å². The molecular weight excluding hydrogens is 394 g/mol. The largest absolute Gasteiger partial charge is 0.366 e. The van der Waals surface area contributed by atoms with Crippen molar-refractivity contribution >= 4 is 27.2 Å². The number of aryl methyl sites for hydroxylation is 1. The third-order valence-electron chi connectivity index (χ3n) is 5.27. The van der Waals surface area contributed by atoms with Gasteiger partial charge in [-0.15, -0.1) is 0 Å². The number of nitrogens with one attached hydrogen (secondary N) is 1. The Kier molecular flexibility index (Phi) is 5.99. The molecule has 0 unspecified atom stereocenters. The number of Topliss-reactive ketones (excluding diaryl/α,β-unsaturated/α-hetero) is 1. The minimum atomic E-state index is -3.77. The first-order valence-electron chi connectivity index (χ1n) is 9.31. The Hall–Kier alpha value is -2.78. The van der Waals surface area contributed by atoms with Crippen LogP contribution in [0.3, 0.4) is 0 Å². The van der Waals surface area contributed by atoms with Crippen LogP contribution in [-0.2, 0) is 10.0 Å². The van der Waals surface area contributed by atoms with Gasteiger partial charge in [0.1, 0.15) is 5.69 Å². The van der Waals surface area contributed by atoms with E-state index in [1.54, 1.807) is 0 Å². The molecule has 0 bridgehead atoms. The van der Waals surface area contributed by atoms with Crippen molar-refractivity contribution in [3.63, 3.8) is 0 Å². The predicted molar refractivity (Wildman–Crippen MR) is 110 cm³/mol. The van der Waals surface area contributed by atoms with Crippen LogP contribution in [0.4, 0.5) is 11.4 Å². The van der Waals surface area contributed by atoms with Gasteiger partial charge in [-0.25, -0.2) is 13.1 Å². The lowest BCUT2D eigenvalue weighted by molar-refractivity contribution is -0.384. The molecule has 154 valence electrons. The smallest absolute Gasteiger partial charge is 0.293 e. The Morgan fingerprint density at radius 3 is 2.31 bits per heavy atom. The molecule has 1 saturated heterocycles. The molecule has 1 heterocycles. The van der Waals surface area contributed by atoms with Crippen LogP contribution >= 0.6 is 0 Å². The van der Waals surface area contributed by atoms with E-state index >= 15 is 0 Å². The third kappa shape index (κ3) is 4.46. The van der Waals surface area contributed by atoms with Crippen LogP contribution in [0.25, 0.3) is 0 Å². The lowest BCUT2D eigenvalue weighted by Gasteiger charge is -2.32. The molecule has 2 aromatic carbocycles. The minimum Gasteiger partial charge on any atom is -0.366 e. The summed E-state index contributed by atoms with van der Waals surface area (Å²) < 4.78 is 26.1. The summed E-state index contributed by atoms with van der Waals surface area (Å²) >= 11 is 0. The van der Waals surface area contributed by atoms with E-state index in [-0.39, 0.29) is 22.3 Å². The molecule has 1 fully saturated rings. The molecule has 0 saturated carbocycles. The van der Waals surface area contributed by atoms with Gasteiger partial charge in [0.25, 0.3) is 5.69 Å². The van der Waals surface area contributed by atoms with E-state index in [1.165, 1.54) is 19.2 Å². The van der Waals surface area contributed by atoms with Gasteiger partial charge in [-0.1, -0.05) is 29.8 Å². The van der Waals surface area contributed by atoms with Crippen LogP contribution in [0.5, 0.6) is 0 Å². The van der Waals surface area contributed by atoms with Crippen molar-refractivity contribution in [2.24, 2.45) is 5.92 Å². The molecule has 0 aromatic heterocycles. The summed E-state index contributed by atoms with van der Waals surface area (Å²) in [6.07, 6.45) is 1.17. The van der Waals surface area contributed by atoms with Crippen molar-refractivity contribution in [1.29, 1.82) is 0 Å². The van der Waals surface area contributed by atoms with Crippen molar-refractivity contribution < 1.29 is 18.1 Å². The topological polar surface area (TPSA) is 110 Å². The second-order valence-electron chi connectivity index (χ2n) is 7.11. The molecule has 0 spiro atoms. The zero-order valence-corrected chi connectivity index (χ0v) is 17.1. The van der Waals surface area contributed by atoms with Gasteiger partial charge < -0.3 is 4.90 Å². The average molecular weight is 417 g/mol. The van der Waals surface area contributed by atoms with Gasteiger partial charge in [0.15, 0.2) is 5.78 Å². The van der Waals surface area contributed by atoms with Crippen molar-refractivity contribution in [2.75, 3.05) is 25.0 Å². The Balaban J connectivity index is 1.77. The number of hydrogen-bond donors (Lipinski definition) is 1. The van der Waals surface area contributed by atoms with Crippen LogP contribution in [-0.4, -0.2) is 39.3 Å². The molecule has 8 nitrogen and oxygen atoms in total. The standard InChI is InChI=1S/C20H23N3O5S/c1-14-3-5-15(6-4-14)20(24)16-9-11-22(12-10-16)18-8-7-17(29(27,28)21-2)13-19(18)23(25)26/h3-8,13,16,21H,9-12H2,1-2H3. The fourth-order valence-corrected chi connectivity index (χ4v) is 4.29. The highest BCUT2D eigenvalue weighted by Gasteiger charge is 2.30. The monoisotopic (exact) mass is 417 g/mol. The first-order chi connectivity index (χ1) is 13.7. The number of nitro groups is 1. The molecule has 1 N–H and O–H groups in total. The molecular formula is C20H23N3O5S. The van der Waals surface area contributed by atoms with Gasteiger partial charge in [-0.05, 0) is 38.9 Å². The molecule has 0 amide bonds. The van der Waals surface area contributed by atoms with Gasteiger partial charge in [-0.3, -0.25) is 14.9 Å². The third-order valence-corrected chi connectivity index (χ3v) is 6.68.